The van der Waals surface area contributed by atoms with E-state index in [1.807, 2.05) is 24.3 Å². The van der Waals surface area contributed by atoms with E-state index < -0.39 is 5.97 Å². The smallest absolute Gasteiger partial charge is 0.339 e. The molecule has 0 saturated carbocycles. The zero-order valence-corrected chi connectivity index (χ0v) is 11.2. The standard InChI is InChI=1S/C14H13N3O3/c1-3-20-14(19)9-8-15-17-11-7-5-4-6-10(11)16(2)13(17)12(9)18/h4-8H,3H2,1-2H3. The molecule has 0 aliphatic carbocycles. The molecule has 2 aromatic heterocycles. The number of aromatic nitrogens is 3. The van der Waals surface area contributed by atoms with E-state index in [1.165, 1.54) is 6.20 Å². The number of ether oxygens (including phenoxy) is 1. The maximum absolute atomic E-state index is 12.5. The van der Waals surface area contributed by atoms with E-state index in [2.05, 4.69) is 5.10 Å². The molecule has 0 amide bonds. The van der Waals surface area contributed by atoms with Crippen molar-refractivity contribution in [2.45, 2.75) is 6.92 Å². The molecule has 0 N–H and O–H groups in total. The second-order valence-corrected chi connectivity index (χ2v) is 4.39. The molecule has 0 aliphatic rings. The Morgan fingerprint density at radius 3 is 2.95 bits per heavy atom. The van der Waals surface area contributed by atoms with Crippen LogP contribution in [0.1, 0.15) is 17.3 Å². The normalized spacial score (nSPS) is 11.1. The summed E-state index contributed by atoms with van der Waals surface area (Å²) < 4.78 is 8.15. The highest BCUT2D eigenvalue weighted by atomic mass is 16.5. The molecule has 0 aliphatic heterocycles. The average molecular weight is 271 g/mol. The minimum Gasteiger partial charge on any atom is -0.866 e. The minimum absolute atomic E-state index is 0.0437. The zero-order valence-electron chi connectivity index (χ0n) is 11.2. The van der Waals surface area contributed by atoms with Crippen LogP contribution < -0.4 is 9.67 Å². The lowest BCUT2D eigenvalue weighted by atomic mass is 10.3. The van der Waals surface area contributed by atoms with Gasteiger partial charge in [0.15, 0.2) is 5.52 Å². The number of carbonyl (C=O) groups is 1. The molecule has 6 nitrogen and oxygen atoms in total. The Morgan fingerprint density at radius 2 is 2.20 bits per heavy atom. The summed E-state index contributed by atoms with van der Waals surface area (Å²) >= 11 is 0. The summed E-state index contributed by atoms with van der Waals surface area (Å²) in [5, 5.41) is 16.6. The van der Waals surface area contributed by atoms with Crippen LogP contribution in [0.25, 0.3) is 16.7 Å². The fourth-order valence-corrected chi connectivity index (χ4v) is 2.31. The molecule has 0 saturated heterocycles. The van der Waals surface area contributed by atoms with Crippen LogP contribution in [-0.4, -0.2) is 22.2 Å². The van der Waals surface area contributed by atoms with Crippen molar-refractivity contribution in [2.75, 3.05) is 6.61 Å². The van der Waals surface area contributed by atoms with E-state index >= 15 is 0 Å². The molecule has 0 radical (unpaired) electrons. The Kier molecular flexibility index (Phi) is 2.78. The van der Waals surface area contributed by atoms with Gasteiger partial charge in [-0.3, -0.25) is 0 Å². The van der Waals surface area contributed by atoms with E-state index in [0.29, 0.717) is 5.65 Å². The Hall–Kier alpha value is -2.63. The van der Waals surface area contributed by atoms with Gasteiger partial charge >= 0.3 is 11.6 Å². The van der Waals surface area contributed by atoms with Crippen molar-refractivity contribution in [3.8, 4) is 5.75 Å². The molecule has 6 heteroatoms. The van der Waals surface area contributed by atoms with Crippen molar-refractivity contribution >= 4 is 22.6 Å². The maximum Gasteiger partial charge on any atom is 0.339 e. The third-order valence-corrected chi connectivity index (χ3v) is 3.23. The third-order valence-electron chi connectivity index (χ3n) is 3.23. The number of nitrogens with zero attached hydrogens (tertiary/aromatic N) is 3. The van der Waals surface area contributed by atoms with Crippen molar-refractivity contribution in [2.24, 2.45) is 7.05 Å². The van der Waals surface area contributed by atoms with E-state index in [9.17, 15) is 9.90 Å². The molecule has 0 atom stereocenters. The highest BCUT2D eigenvalue weighted by Crippen LogP contribution is 2.22. The molecule has 0 unspecified atom stereocenters. The number of fused-ring (bicyclic) bond motifs is 3. The summed E-state index contributed by atoms with van der Waals surface area (Å²) in [6.07, 6.45) is 1.26. The molecule has 2 heterocycles. The van der Waals surface area contributed by atoms with Gasteiger partial charge in [-0.2, -0.15) is 0 Å². The summed E-state index contributed by atoms with van der Waals surface area (Å²) in [6, 6.07) is 7.53. The first kappa shape index (κ1) is 12.4. The Bertz CT molecular complexity index is 823. The van der Waals surface area contributed by atoms with Crippen LogP contribution in [0.3, 0.4) is 0 Å². The topological polar surface area (TPSA) is 70.5 Å². The van der Waals surface area contributed by atoms with Crippen LogP contribution in [0.15, 0.2) is 30.5 Å². The SMILES string of the molecule is CCOC(=O)c1cnn2c3ccccc3[n+](C)c2c1[O-]. The van der Waals surface area contributed by atoms with E-state index in [1.54, 1.807) is 23.1 Å². The number of imidazole rings is 1. The largest absolute Gasteiger partial charge is 0.866 e. The van der Waals surface area contributed by atoms with E-state index in [4.69, 9.17) is 4.74 Å². The first-order valence-corrected chi connectivity index (χ1v) is 6.27. The van der Waals surface area contributed by atoms with Gasteiger partial charge in [0.05, 0.1) is 25.4 Å². The van der Waals surface area contributed by atoms with Gasteiger partial charge in [-0.15, -0.1) is 0 Å². The molecular weight excluding hydrogens is 258 g/mol. The number of para-hydroxylation sites is 2. The molecule has 0 fully saturated rings. The van der Waals surface area contributed by atoms with Crippen LogP contribution >= 0.6 is 0 Å². The number of carbonyl (C=O) groups excluding carboxylic acids is 1. The van der Waals surface area contributed by atoms with Crippen LogP contribution in [0.4, 0.5) is 0 Å². The lowest BCUT2D eigenvalue weighted by Crippen LogP contribution is -2.29. The first-order chi connectivity index (χ1) is 9.65. The molecule has 0 bridgehead atoms. The van der Waals surface area contributed by atoms with Gasteiger partial charge in [0.2, 0.25) is 5.52 Å². The third kappa shape index (κ3) is 1.61. The number of hydrogen-bond donors (Lipinski definition) is 0. The van der Waals surface area contributed by atoms with E-state index in [0.717, 1.165) is 11.0 Å². The molecule has 102 valence electrons. The van der Waals surface area contributed by atoms with Gasteiger partial charge in [0, 0.05) is 5.75 Å². The Morgan fingerprint density at radius 1 is 1.45 bits per heavy atom. The maximum atomic E-state index is 12.5. The molecular formula is C14H13N3O3. The van der Waals surface area contributed by atoms with Gasteiger partial charge in [0.1, 0.15) is 0 Å². The second kappa shape index (κ2) is 4.48. The highest BCUT2D eigenvalue weighted by Gasteiger charge is 2.21. The van der Waals surface area contributed by atoms with Crippen molar-refractivity contribution < 1.29 is 19.2 Å². The zero-order chi connectivity index (χ0) is 14.3. The number of esters is 1. The fraction of sp³-hybridized carbons (Fsp3) is 0.214. The number of hydrogen-bond acceptors (Lipinski definition) is 4. The van der Waals surface area contributed by atoms with Gasteiger partial charge < -0.3 is 9.84 Å². The Labute approximate surface area is 114 Å². The summed E-state index contributed by atoms with van der Waals surface area (Å²) in [6.45, 7) is 1.92. The summed E-state index contributed by atoms with van der Waals surface area (Å²) in [4.78, 5) is 11.8. The van der Waals surface area contributed by atoms with Crippen molar-refractivity contribution in [1.82, 2.24) is 9.61 Å². The van der Waals surface area contributed by atoms with Gasteiger partial charge in [0.25, 0.3) is 0 Å². The summed E-state index contributed by atoms with van der Waals surface area (Å²) in [5.74, 6) is -1.02. The van der Waals surface area contributed by atoms with Gasteiger partial charge in [-0.25, -0.2) is 9.36 Å². The van der Waals surface area contributed by atoms with E-state index in [-0.39, 0.29) is 17.9 Å². The summed E-state index contributed by atoms with van der Waals surface area (Å²) in [7, 11) is 1.77. The van der Waals surface area contributed by atoms with Crippen molar-refractivity contribution in [3.05, 3.63) is 36.0 Å². The van der Waals surface area contributed by atoms with Crippen molar-refractivity contribution in [3.63, 3.8) is 0 Å². The van der Waals surface area contributed by atoms with Gasteiger partial charge in [-0.05, 0) is 19.1 Å². The molecule has 3 rings (SSSR count). The summed E-state index contributed by atoms with van der Waals surface area (Å²) in [5.41, 5.74) is 1.99. The lowest BCUT2D eigenvalue weighted by Gasteiger charge is -2.09. The predicted molar refractivity (Wildman–Crippen MR) is 69.3 cm³/mol. The van der Waals surface area contributed by atoms with Crippen molar-refractivity contribution in [1.29, 1.82) is 0 Å². The van der Waals surface area contributed by atoms with Crippen LogP contribution in [-0.2, 0) is 11.8 Å². The quantitative estimate of drug-likeness (QED) is 0.504. The average Bonchev–Trinajstić information content (AvgIpc) is 2.74. The fourth-order valence-electron chi connectivity index (χ4n) is 2.31. The number of benzene rings is 1. The highest BCUT2D eigenvalue weighted by molar-refractivity contribution is 5.94. The Balaban J connectivity index is 2.35. The monoisotopic (exact) mass is 271 g/mol. The minimum atomic E-state index is -0.641. The molecule has 20 heavy (non-hydrogen) atoms. The van der Waals surface area contributed by atoms with Crippen LogP contribution in [0.5, 0.6) is 5.75 Å². The number of aryl methyl sites for hydroxylation is 1. The lowest BCUT2D eigenvalue weighted by molar-refractivity contribution is -0.620. The molecule has 3 aromatic rings. The molecule has 1 aromatic carbocycles. The predicted octanol–water partition coefficient (Wildman–Crippen LogP) is 0.562. The molecule has 0 spiro atoms. The second-order valence-electron chi connectivity index (χ2n) is 4.39. The van der Waals surface area contributed by atoms with Gasteiger partial charge in [-0.1, -0.05) is 21.7 Å². The van der Waals surface area contributed by atoms with Crippen LogP contribution in [0.2, 0.25) is 0 Å². The number of rotatable bonds is 2. The van der Waals surface area contributed by atoms with Crippen LogP contribution in [0, 0.1) is 0 Å². The first-order valence-electron chi connectivity index (χ1n) is 6.27.